The smallest absolute Gasteiger partial charge is 0.161 e. The standard InChI is InChI=1S/C13H14BrFN2S/c14-9-4-5-12(10(15)6-9)17-13-16-11-3-1-2-8(11)7-18-13/h4-6,8,11H,1-3,7H2,(H,16,17). The van der Waals surface area contributed by atoms with E-state index in [1.54, 1.807) is 17.8 Å². The second-order valence-corrected chi connectivity index (χ2v) is 6.68. The number of rotatable bonds is 1. The Morgan fingerprint density at radius 3 is 3.11 bits per heavy atom. The van der Waals surface area contributed by atoms with E-state index in [1.807, 2.05) is 6.07 Å². The van der Waals surface area contributed by atoms with Crippen molar-refractivity contribution in [1.82, 2.24) is 0 Å². The van der Waals surface area contributed by atoms with Gasteiger partial charge in [-0.05, 0) is 37.0 Å². The summed E-state index contributed by atoms with van der Waals surface area (Å²) >= 11 is 4.96. The van der Waals surface area contributed by atoms with Gasteiger partial charge in [0.2, 0.25) is 0 Å². The zero-order valence-electron chi connectivity index (χ0n) is 9.83. The number of nitrogens with one attached hydrogen (secondary N) is 1. The molecule has 1 aromatic carbocycles. The van der Waals surface area contributed by atoms with Gasteiger partial charge in [0.1, 0.15) is 5.82 Å². The van der Waals surface area contributed by atoms with Gasteiger partial charge in [-0.25, -0.2) is 4.39 Å². The third kappa shape index (κ3) is 2.57. The fourth-order valence-electron chi connectivity index (χ4n) is 2.53. The first-order valence-electron chi connectivity index (χ1n) is 6.15. The maximum atomic E-state index is 13.7. The van der Waals surface area contributed by atoms with Crippen LogP contribution in [0, 0.1) is 11.7 Å². The first-order valence-corrected chi connectivity index (χ1v) is 7.93. The number of aliphatic imine (C=N–C) groups is 1. The highest BCUT2D eigenvalue weighted by molar-refractivity contribution is 9.10. The molecule has 1 aliphatic carbocycles. The fraction of sp³-hybridized carbons (Fsp3) is 0.462. The van der Waals surface area contributed by atoms with Gasteiger partial charge in [0.15, 0.2) is 5.17 Å². The van der Waals surface area contributed by atoms with Crippen LogP contribution in [0.3, 0.4) is 0 Å². The lowest BCUT2D eigenvalue weighted by atomic mass is 10.1. The summed E-state index contributed by atoms with van der Waals surface area (Å²) in [5.41, 5.74) is 0.501. The van der Waals surface area contributed by atoms with Gasteiger partial charge in [0.05, 0.1) is 11.7 Å². The van der Waals surface area contributed by atoms with E-state index in [-0.39, 0.29) is 5.82 Å². The first kappa shape index (κ1) is 12.5. The Morgan fingerprint density at radius 2 is 2.28 bits per heavy atom. The third-order valence-corrected chi connectivity index (χ3v) is 5.08. The van der Waals surface area contributed by atoms with Gasteiger partial charge in [-0.3, -0.25) is 4.99 Å². The van der Waals surface area contributed by atoms with Gasteiger partial charge in [-0.1, -0.05) is 34.1 Å². The number of amidine groups is 1. The molecule has 5 heteroatoms. The van der Waals surface area contributed by atoms with Crippen LogP contribution in [-0.4, -0.2) is 17.0 Å². The normalized spacial score (nSPS) is 26.7. The predicted octanol–water partition coefficient (Wildman–Crippen LogP) is 4.27. The molecule has 0 spiro atoms. The average Bonchev–Trinajstić information content (AvgIpc) is 2.80. The maximum absolute atomic E-state index is 13.7. The van der Waals surface area contributed by atoms with Crippen LogP contribution in [0.25, 0.3) is 0 Å². The molecule has 96 valence electrons. The van der Waals surface area contributed by atoms with Crippen LogP contribution in [0.5, 0.6) is 0 Å². The zero-order valence-corrected chi connectivity index (χ0v) is 12.2. The second kappa shape index (κ2) is 5.21. The third-order valence-electron chi connectivity index (χ3n) is 3.51. The molecule has 0 aromatic heterocycles. The van der Waals surface area contributed by atoms with Gasteiger partial charge < -0.3 is 5.32 Å². The number of anilines is 1. The summed E-state index contributed by atoms with van der Waals surface area (Å²) in [6, 6.07) is 5.49. The molecule has 1 aromatic rings. The number of hydrogen-bond donors (Lipinski definition) is 1. The summed E-state index contributed by atoms with van der Waals surface area (Å²) in [5.74, 6) is 1.59. The Kier molecular flexibility index (Phi) is 3.61. The Labute approximate surface area is 119 Å². The molecule has 0 saturated heterocycles. The largest absolute Gasteiger partial charge is 0.333 e. The summed E-state index contributed by atoms with van der Waals surface area (Å²) in [6.45, 7) is 0. The zero-order chi connectivity index (χ0) is 12.5. The van der Waals surface area contributed by atoms with Crippen LogP contribution >= 0.6 is 27.7 Å². The minimum atomic E-state index is -0.249. The minimum absolute atomic E-state index is 0.249. The van der Waals surface area contributed by atoms with Gasteiger partial charge in [0.25, 0.3) is 0 Å². The van der Waals surface area contributed by atoms with Crippen LogP contribution in [0.15, 0.2) is 27.7 Å². The summed E-state index contributed by atoms with van der Waals surface area (Å²) in [4.78, 5) is 4.69. The molecule has 2 unspecified atom stereocenters. The molecule has 1 N–H and O–H groups in total. The van der Waals surface area contributed by atoms with E-state index < -0.39 is 0 Å². The summed E-state index contributed by atoms with van der Waals surface area (Å²) in [5, 5.41) is 3.97. The van der Waals surface area contributed by atoms with Gasteiger partial charge in [-0.15, -0.1) is 0 Å². The van der Waals surface area contributed by atoms with Crippen LogP contribution in [0.2, 0.25) is 0 Å². The quantitative estimate of drug-likeness (QED) is 0.832. The van der Waals surface area contributed by atoms with Gasteiger partial charge in [0, 0.05) is 10.2 Å². The SMILES string of the molecule is Fc1cc(Br)ccc1NC1=NC2CCCC2CS1. The molecular formula is C13H14BrFN2S. The lowest BCUT2D eigenvalue weighted by Gasteiger charge is -2.23. The molecule has 3 rings (SSSR count). The van der Waals surface area contributed by atoms with Crippen molar-refractivity contribution in [2.75, 3.05) is 11.1 Å². The summed E-state index contributed by atoms with van der Waals surface area (Å²) < 4.78 is 14.5. The molecule has 1 saturated carbocycles. The lowest BCUT2D eigenvalue weighted by molar-refractivity contribution is 0.535. The lowest BCUT2D eigenvalue weighted by Crippen LogP contribution is -2.25. The highest BCUT2D eigenvalue weighted by Gasteiger charge is 2.31. The number of halogens is 2. The fourth-order valence-corrected chi connectivity index (χ4v) is 4.02. The van der Waals surface area contributed by atoms with Gasteiger partial charge in [-0.2, -0.15) is 0 Å². The number of benzene rings is 1. The van der Waals surface area contributed by atoms with Crippen molar-refractivity contribution >= 4 is 38.5 Å². The Bertz CT molecular complexity index is 492. The van der Waals surface area contributed by atoms with Crippen LogP contribution in [0.4, 0.5) is 10.1 Å². The van der Waals surface area contributed by atoms with E-state index in [2.05, 4.69) is 21.2 Å². The first-order chi connectivity index (χ1) is 8.72. The molecule has 1 fully saturated rings. The van der Waals surface area contributed by atoms with Crippen molar-refractivity contribution in [3.05, 3.63) is 28.5 Å². The number of hydrogen-bond acceptors (Lipinski definition) is 3. The molecular weight excluding hydrogens is 315 g/mol. The molecule has 1 aliphatic heterocycles. The van der Waals surface area contributed by atoms with Crippen molar-refractivity contribution in [2.24, 2.45) is 10.9 Å². The topological polar surface area (TPSA) is 24.4 Å². The van der Waals surface area contributed by atoms with E-state index in [1.165, 1.54) is 25.3 Å². The molecule has 2 atom stereocenters. The van der Waals surface area contributed by atoms with Crippen molar-refractivity contribution < 1.29 is 4.39 Å². The highest BCUT2D eigenvalue weighted by Crippen LogP contribution is 2.35. The Balaban J connectivity index is 1.76. The molecule has 1 heterocycles. The minimum Gasteiger partial charge on any atom is -0.333 e. The number of nitrogens with zero attached hydrogens (tertiary/aromatic N) is 1. The molecule has 2 nitrogen and oxygen atoms in total. The van der Waals surface area contributed by atoms with Crippen LogP contribution in [-0.2, 0) is 0 Å². The Hall–Kier alpha value is -0.550. The van der Waals surface area contributed by atoms with E-state index >= 15 is 0 Å². The van der Waals surface area contributed by atoms with Crippen molar-refractivity contribution in [2.45, 2.75) is 25.3 Å². The van der Waals surface area contributed by atoms with Crippen LogP contribution in [0.1, 0.15) is 19.3 Å². The number of thioether (sulfide) groups is 1. The van der Waals surface area contributed by atoms with Gasteiger partial charge >= 0.3 is 0 Å². The van der Waals surface area contributed by atoms with Crippen molar-refractivity contribution in [1.29, 1.82) is 0 Å². The van der Waals surface area contributed by atoms with E-state index in [4.69, 9.17) is 4.99 Å². The van der Waals surface area contributed by atoms with E-state index in [0.717, 1.165) is 21.3 Å². The predicted molar refractivity (Wildman–Crippen MR) is 78.7 cm³/mol. The summed E-state index contributed by atoms with van der Waals surface area (Å²) in [6.07, 6.45) is 3.75. The molecule has 18 heavy (non-hydrogen) atoms. The molecule has 0 amide bonds. The average molecular weight is 329 g/mol. The maximum Gasteiger partial charge on any atom is 0.161 e. The van der Waals surface area contributed by atoms with E-state index in [9.17, 15) is 4.39 Å². The second-order valence-electron chi connectivity index (χ2n) is 4.75. The Morgan fingerprint density at radius 1 is 1.39 bits per heavy atom. The number of fused-ring (bicyclic) bond motifs is 1. The van der Waals surface area contributed by atoms with Crippen LogP contribution < -0.4 is 5.32 Å². The molecule has 0 bridgehead atoms. The highest BCUT2D eigenvalue weighted by atomic mass is 79.9. The monoisotopic (exact) mass is 328 g/mol. The van der Waals surface area contributed by atoms with Crippen molar-refractivity contribution in [3.8, 4) is 0 Å². The van der Waals surface area contributed by atoms with Crippen molar-refractivity contribution in [3.63, 3.8) is 0 Å². The molecule has 2 aliphatic rings. The molecule has 0 radical (unpaired) electrons. The summed E-state index contributed by atoms with van der Waals surface area (Å²) in [7, 11) is 0. The van der Waals surface area contributed by atoms with E-state index in [0.29, 0.717) is 11.7 Å².